The van der Waals surface area contributed by atoms with Crippen LogP contribution in [0.4, 0.5) is 0 Å². The van der Waals surface area contributed by atoms with Gasteiger partial charge in [-0.3, -0.25) is 86.3 Å². The van der Waals surface area contributed by atoms with Crippen LogP contribution in [0.3, 0.4) is 0 Å². The molecule has 0 aliphatic carbocycles. The number of aromatic amines is 1. The first-order chi connectivity index (χ1) is 61.5. The second-order valence-electron chi connectivity index (χ2n) is 33.6. The van der Waals surface area contributed by atoms with E-state index in [0.29, 0.717) is 71.5 Å². The maximum atomic E-state index is 15.6. The lowest BCUT2D eigenvalue weighted by Crippen LogP contribution is -2.61. The molecule has 5 aromatic rings. The molecular formula is C89H119N15O23S2. The smallest absolute Gasteiger partial charge is 0.304 e. The molecule has 0 saturated carbocycles. The molecule has 4 aliphatic heterocycles. The van der Waals surface area contributed by atoms with E-state index in [2.05, 4.69) is 42.2 Å². The van der Waals surface area contributed by atoms with E-state index in [9.17, 15) is 78.3 Å². The zero-order valence-corrected chi connectivity index (χ0v) is 74.7. The van der Waals surface area contributed by atoms with Crippen molar-refractivity contribution in [2.75, 3.05) is 64.9 Å². The number of nitrogens with two attached hydrogens (primary N) is 2. The van der Waals surface area contributed by atoms with Crippen LogP contribution in [-0.2, 0) is 106 Å². The van der Waals surface area contributed by atoms with Gasteiger partial charge in [0.2, 0.25) is 76.8 Å². The van der Waals surface area contributed by atoms with Crippen molar-refractivity contribution in [2.45, 2.75) is 228 Å². The molecule has 3 aromatic carbocycles. The van der Waals surface area contributed by atoms with E-state index in [-0.39, 0.29) is 76.0 Å². The van der Waals surface area contributed by atoms with Gasteiger partial charge >= 0.3 is 11.9 Å². The number of phenolic OH excluding ortho intramolecular Hbond substituents is 1. The normalized spacial score (nSPS) is 26.0. The second kappa shape index (κ2) is 48.1. The number of hydrogen-bond donors (Lipinski definition) is 15. The number of amides is 13. The number of aromatic nitrogens is 1. The molecule has 4 aliphatic rings. The van der Waals surface area contributed by atoms with E-state index in [1.54, 1.807) is 41.9 Å². The summed E-state index contributed by atoms with van der Waals surface area (Å²) in [4.78, 5) is 269. The molecule has 15 atom stereocenters. The SMILES string of the molecule is CCCC[C@H]1C(=O)N(C)[C@@H](CCCC)C(=O)N[C@@H](C)C(=O)C[C@H](C(=O)NCC(N)=O)CSCC(=O)N[C@@H](Cc2ccc(O)cc2)C(=O)N2CCCC[C@H]2C(=O)C[C@@H](CC(=O)O)C(=O)N2CCC[C@H]2C(=O)N[C@@H](CN)C(=O)C[C@@H](CCC(=O)O)C(=O)N2C[C@H](O)C[C@H]2C(=O)N[C@@H](Cc2c[nH]c3ccccc23)C(=O)N[C@@H](CO)C(=O)N[C@@H](Cc2csc3ccccc23)C(=O)N1C. The number of rotatable bonds is 22. The largest absolute Gasteiger partial charge is 0.508 e. The fraction of sp³-hybridized carbons (Fsp3) is 0.551. The molecule has 17 N–H and O–H groups in total. The number of phenols is 1. The third-order valence-corrected chi connectivity index (χ3v) is 26.3. The molecule has 129 heavy (non-hydrogen) atoms. The number of carboxylic acid groups (broad SMARTS) is 2. The number of benzene rings is 3. The molecule has 0 unspecified atom stereocenters. The topological polar surface area (TPSA) is 577 Å². The molecule has 40 heteroatoms. The van der Waals surface area contributed by atoms with Gasteiger partial charge in [-0.15, -0.1) is 11.3 Å². The number of Topliss-reactive ketones (excluding diaryl/α,β-unsaturated/α-hetero) is 3. The Morgan fingerprint density at radius 1 is 0.566 bits per heavy atom. The lowest BCUT2D eigenvalue weighted by Gasteiger charge is -2.38. The number of likely N-dealkylation sites (N-methyl/N-ethyl adjacent to an activating group) is 2. The van der Waals surface area contributed by atoms with Gasteiger partial charge in [0.1, 0.15) is 54.1 Å². The van der Waals surface area contributed by atoms with Gasteiger partial charge < -0.3 is 104 Å². The Balaban J connectivity index is 1.07. The average Bonchev–Trinajstić information content (AvgIpc) is 1.64. The number of aliphatic carboxylic acids is 2. The number of thiophene rings is 1. The van der Waals surface area contributed by atoms with Crippen molar-refractivity contribution in [1.29, 1.82) is 0 Å². The van der Waals surface area contributed by atoms with Crippen LogP contribution in [0.25, 0.3) is 21.0 Å². The van der Waals surface area contributed by atoms with Gasteiger partial charge in [-0.05, 0) is 110 Å². The minimum absolute atomic E-state index is 0.0225. The summed E-state index contributed by atoms with van der Waals surface area (Å²) >= 11 is 2.20. The zero-order valence-electron chi connectivity index (χ0n) is 73.0. The Morgan fingerprint density at radius 2 is 1.16 bits per heavy atom. The van der Waals surface area contributed by atoms with Crippen LogP contribution < -0.4 is 48.7 Å². The molecule has 4 saturated heterocycles. The number of aliphatic hydroxyl groups is 2. The summed E-state index contributed by atoms with van der Waals surface area (Å²) < 4.78 is 0.812. The maximum Gasteiger partial charge on any atom is 0.304 e. The molecule has 2 aromatic heterocycles. The minimum atomic E-state index is -1.89. The highest BCUT2D eigenvalue weighted by molar-refractivity contribution is 7.99. The number of nitrogens with zero attached hydrogens (tertiary/aromatic N) is 5. The first-order valence-electron chi connectivity index (χ1n) is 43.7. The number of unbranched alkanes of at least 4 members (excludes halogenated alkanes) is 2. The van der Waals surface area contributed by atoms with Gasteiger partial charge in [0.15, 0.2) is 17.3 Å². The van der Waals surface area contributed by atoms with Gasteiger partial charge in [-0.2, -0.15) is 11.8 Å². The van der Waals surface area contributed by atoms with Crippen LogP contribution in [0.15, 0.2) is 84.4 Å². The Labute approximate surface area is 754 Å². The third kappa shape index (κ3) is 27.4. The first-order valence-corrected chi connectivity index (χ1v) is 45.8. The number of hydrogen-bond acceptors (Lipinski definition) is 24. The van der Waals surface area contributed by atoms with Crippen LogP contribution >= 0.6 is 23.1 Å². The number of fused-ring (bicyclic) bond motifs is 5. The number of para-hydroxylation sites is 1. The van der Waals surface area contributed by atoms with Gasteiger partial charge in [-0.1, -0.05) is 88.1 Å². The Morgan fingerprint density at radius 3 is 1.84 bits per heavy atom. The van der Waals surface area contributed by atoms with E-state index in [4.69, 9.17) is 11.5 Å². The van der Waals surface area contributed by atoms with Crippen LogP contribution in [0, 0.1) is 17.8 Å². The summed E-state index contributed by atoms with van der Waals surface area (Å²) in [5.74, 6) is -22.5. The minimum Gasteiger partial charge on any atom is -0.508 e. The zero-order chi connectivity index (χ0) is 94.0. The highest BCUT2D eigenvalue weighted by Gasteiger charge is 2.47. The number of carboxylic acids is 2. The Bertz CT molecular complexity index is 4910. The van der Waals surface area contributed by atoms with Gasteiger partial charge in [0.25, 0.3) is 0 Å². The molecule has 38 nitrogen and oxygen atoms in total. The number of primary amides is 1. The van der Waals surface area contributed by atoms with Crippen molar-refractivity contribution in [3.63, 3.8) is 0 Å². The summed E-state index contributed by atoms with van der Waals surface area (Å²) in [6.07, 6.45) is -2.72. The van der Waals surface area contributed by atoms with Gasteiger partial charge in [0.05, 0.1) is 61.4 Å². The molecule has 4 fully saturated rings. The van der Waals surface area contributed by atoms with Crippen molar-refractivity contribution in [3.05, 3.63) is 101 Å². The Kier molecular flexibility index (Phi) is 37.6. The highest BCUT2D eigenvalue weighted by atomic mass is 32.2. The number of H-pyrrole nitrogens is 1. The van der Waals surface area contributed by atoms with E-state index in [1.165, 1.54) is 66.4 Å². The van der Waals surface area contributed by atoms with Crippen LogP contribution in [0.1, 0.15) is 153 Å². The second-order valence-corrected chi connectivity index (χ2v) is 35.5. The summed E-state index contributed by atoms with van der Waals surface area (Å²) in [6.45, 7) is 1.93. The number of piperidine rings is 1. The number of thioether (sulfide) groups is 1. The van der Waals surface area contributed by atoms with Crippen LogP contribution in [0.5, 0.6) is 5.75 Å². The molecule has 0 spiro atoms. The van der Waals surface area contributed by atoms with Gasteiger partial charge in [0, 0.05) is 125 Å². The maximum absolute atomic E-state index is 15.6. The number of ketones is 3. The highest BCUT2D eigenvalue weighted by Crippen LogP contribution is 2.33. The molecule has 700 valence electrons. The molecular weight excluding hydrogens is 1710 g/mol. The standard InChI is InChI=1S/C89H119N15O23S2/c1-6-8-20-67-82(120)94-49(3)71(108)38-55(79(117)93-43-75(91)111)46-128-48-76(112)95-62(33-50-25-28-56(106)29-26-50)88(126)102-31-15-14-22-66(102)73(110)37-52(39-78(115)116)86(124)103-32-16-23-68(103)83(121)98-64(41-90)72(109)36-51(27-30-77(113)114)85(123)104-44-57(107)40-70(104)84(122)96-61(34-53-42-92-60-19-12-10-17-58(53)60)80(118)99-65(45-105)81(119)97-63(35-54-47-129-74-24-13-11-18-59(54)74)87(125)101(5)69(21-9-7-2)89(127)100(67)4/h10-13,17-19,24-26,28-29,42,47,49,51-52,55,57,61-70,92,105-107H,6-9,14-16,20-23,27,30-41,43-46,48,90H2,1-5H3,(H2,91,111)(H,93,117)(H,94,120)(H,95,112)(H,96,122)(H,97,119)(H,98,121)(H,99,118)(H,113,114)(H,115,116)/t49-,51+,52-,55-,57+,61-,62-,63-,64-,65-,66-,67-,68-,69-,70-/m0/s1. The summed E-state index contributed by atoms with van der Waals surface area (Å²) in [7, 11) is 2.72. The number of aliphatic hydroxyl groups excluding tert-OH is 2. The van der Waals surface area contributed by atoms with Gasteiger partial charge in [-0.25, -0.2) is 0 Å². The van der Waals surface area contributed by atoms with E-state index >= 15 is 33.6 Å². The summed E-state index contributed by atoms with van der Waals surface area (Å²) in [5, 5.41) is 74.4. The first kappa shape index (κ1) is 101. The van der Waals surface area contributed by atoms with Crippen molar-refractivity contribution < 1.29 is 112 Å². The van der Waals surface area contributed by atoms with Crippen molar-refractivity contribution in [1.82, 2.24) is 66.7 Å². The van der Waals surface area contributed by atoms with Crippen molar-refractivity contribution in [2.24, 2.45) is 29.2 Å². The Hall–Kier alpha value is -11.8. The number of carbonyl (C=O) groups excluding carboxylic acids is 16. The van der Waals surface area contributed by atoms with Crippen LogP contribution in [-0.4, -0.2) is 299 Å². The summed E-state index contributed by atoms with van der Waals surface area (Å²) in [6, 6.07) is 3.31. The monoisotopic (exact) mass is 1830 g/mol. The van der Waals surface area contributed by atoms with E-state index in [1.807, 2.05) is 32.0 Å². The lowest BCUT2D eigenvalue weighted by molar-refractivity contribution is -0.149. The molecule has 0 bridgehead atoms. The molecule has 9 rings (SSSR count). The molecule has 6 heterocycles. The van der Waals surface area contributed by atoms with Crippen LogP contribution in [0.2, 0.25) is 0 Å². The number of aromatic hydroxyl groups is 1. The fourth-order valence-electron chi connectivity index (χ4n) is 17.0. The quantitative estimate of drug-likeness (QED) is 0.0455. The van der Waals surface area contributed by atoms with E-state index in [0.717, 1.165) is 31.2 Å². The number of nitrogens with one attached hydrogen (secondary N) is 8. The van der Waals surface area contributed by atoms with Crippen molar-refractivity contribution >= 4 is 150 Å². The van der Waals surface area contributed by atoms with Crippen molar-refractivity contribution in [3.8, 4) is 5.75 Å². The molecule has 13 amide bonds. The summed E-state index contributed by atoms with van der Waals surface area (Å²) in [5.41, 5.74) is 13.7. The predicted octanol–water partition coefficient (Wildman–Crippen LogP) is 0.778. The van der Waals surface area contributed by atoms with E-state index < -0.39 is 273 Å². The molecule has 0 radical (unpaired) electrons. The lowest BCUT2D eigenvalue weighted by atomic mass is 9.89. The fourth-order valence-corrected chi connectivity index (χ4v) is 19.0. The average molecular weight is 1830 g/mol. The predicted molar refractivity (Wildman–Crippen MR) is 473 cm³/mol. The third-order valence-electron chi connectivity index (χ3n) is 24.2. The number of carbonyl (C=O) groups is 18.